The minimum Gasteiger partial charge on any atom is -0.383 e. The van der Waals surface area contributed by atoms with Crippen molar-refractivity contribution in [3.05, 3.63) is 34.9 Å². The van der Waals surface area contributed by atoms with Crippen LogP contribution in [0, 0.1) is 5.92 Å². The van der Waals surface area contributed by atoms with E-state index in [0.29, 0.717) is 5.92 Å². The standard InChI is InChI=1S/C19H31ClN4O/c1-21-19(23(2)15-17-6-4-5-7-18(17)20)22-14-16-8-10-24(11-9-16)12-13-25-3/h4-7,16H,8-15H2,1-3H3,(H,21,22). The molecule has 2 rings (SSSR count). The molecule has 1 aliphatic rings. The van der Waals surface area contributed by atoms with Gasteiger partial charge in [0, 0.05) is 45.9 Å². The Hall–Kier alpha value is -1.30. The van der Waals surface area contributed by atoms with Crippen LogP contribution >= 0.6 is 11.6 Å². The Morgan fingerprint density at radius 3 is 2.72 bits per heavy atom. The van der Waals surface area contributed by atoms with Crippen LogP contribution in [0.4, 0.5) is 0 Å². The predicted molar refractivity (Wildman–Crippen MR) is 105 cm³/mol. The van der Waals surface area contributed by atoms with Gasteiger partial charge in [0.25, 0.3) is 0 Å². The Bertz CT molecular complexity index is 544. The minimum atomic E-state index is 0.698. The lowest BCUT2D eigenvalue weighted by Crippen LogP contribution is -2.43. The average Bonchev–Trinajstić information content (AvgIpc) is 2.63. The molecule has 1 aliphatic heterocycles. The predicted octanol–water partition coefficient (Wildman–Crippen LogP) is 2.71. The number of nitrogens with one attached hydrogen (secondary N) is 1. The van der Waals surface area contributed by atoms with E-state index in [-0.39, 0.29) is 0 Å². The number of rotatable bonds is 7. The highest BCUT2D eigenvalue weighted by atomic mass is 35.5. The first-order chi connectivity index (χ1) is 12.1. The van der Waals surface area contributed by atoms with Gasteiger partial charge < -0.3 is 19.9 Å². The summed E-state index contributed by atoms with van der Waals surface area (Å²) in [4.78, 5) is 9.02. The molecule has 0 aliphatic carbocycles. The largest absolute Gasteiger partial charge is 0.383 e. The highest BCUT2D eigenvalue weighted by Gasteiger charge is 2.19. The van der Waals surface area contributed by atoms with Crippen molar-refractivity contribution in [2.75, 3.05) is 54.0 Å². The first-order valence-electron chi connectivity index (χ1n) is 9.00. The summed E-state index contributed by atoms with van der Waals surface area (Å²) in [6.07, 6.45) is 2.45. The zero-order valence-corrected chi connectivity index (χ0v) is 16.4. The Kier molecular flexibility index (Phi) is 8.52. The van der Waals surface area contributed by atoms with Crippen LogP contribution in [0.3, 0.4) is 0 Å². The van der Waals surface area contributed by atoms with Gasteiger partial charge in [0.2, 0.25) is 0 Å². The third-order valence-corrected chi connectivity index (χ3v) is 5.18. The number of benzene rings is 1. The van der Waals surface area contributed by atoms with Crippen LogP contribution < -0.4 is 5.32 Å². The Morgan fingerprint density at radius 2 is 2.08 bits per heavy atom. The van der Waals surface area contributed by atoms with E-state index in [9.17, 15) is 0 Å². The van der Waals surface area contributed by atoms with E-state index in [4.69, 9.17) is 16.3 Å². The fourth-order valence-corrected chi connectivity index (χ4v) is 3.41. The normalized spacial score (nSPS) is 16.9. The van der Waals surface area contributed by atoms with Crippen molar-refractivity contribution in [1.29, 1.82) is 0 Å². The van der Waals surface area contributed by atoms with Gasteiger partial charge in [0.05, 0.1) is 6.61 Å². The van der Waals surface area contributed by atoms with E-state index in [1.54, 1.807) is 7.11 Å². The number of halogens is 1. The van der Waals surface area contributed by atoms with Crippen molar-refractivity contribution in [1.82, 2.24) is 15.1 Å². The van der Waals surface area contributed by atoms with Crippen molar-refractivity contribution >= 4 is 17.6 Å². The second kappa shape index (κ2) is 10.6. The second-order valence-electron chi connectivity index (χ2n) is 6.65. The summed E-state index contributed by atoms with van der Waals surface area (Å²) in [7, 11) is 5.65. The Balaban J connectivity index is 1.76. The monoisotopic (exact) mass is 366 g/mol. The molecule has 0 spiro atoms. The van der Waals surface area contributed by atoms with Gasteiger partial charge in [-0.3, -0.25) is 4.99 Å². The molecule has 0 atom stereocenters. The molecule has 6 heteroatoms. The van der Waals surface area contributed by atoms with E-state index in [0.717, 1.165) is 55.9 Å². The number of methoxy groups -OCH3 is 1. The highest BCUT2D eigenvalue weighted by molar-refractivity contribution is 6.31. The van der Waals surface area contributed by atoms with E-state index < -0.39 is 0 Å². The summed E-state index contributed by atoms with van der Waals surface area (Å²) in [5.41, 5.74) is 1.11. The molecule has 5 nitrogen and oxygen atoms in total. The first kappa shape index (κ1) is 20.0. The molecule has 0 radical (unpaired) electrons. The quantitative estimate of drug-likeness (QED) is 0.595. The number of nitrogens with zero attached hydrogens (tertiary/aromatic N) is 3. The molecule has 1 saturated heterocycles. The van der Waals surface area contributed by atoms with Crippen LogP contribution in [0.1, 0.15) is 18.4 Å². The number of hydrogen-bond acceptors (Lipinski definition) is 3. The summed E-state index contributed by atoms with van der Waals surface area (Å²) in [5.74, 6) is 1.62. The van der Waals surface area contributed by atoms with Gasteiger partial charge in [0.1, 0.15) is 0 Å². The summed E-state index contributed by atoms with van der Waals surface area (Å²) in [5, 5.41) is 4.33. The molecule has 0 bridgehead atoms. The molecule has 1 fully saturated rings. The Labute approximate surface area is 157 Å². The van der Waals surface area contributed by atoms with Crippen LogP contribution in [0.2, 0.25) is 5.02 Å². The van der Waals surface area contributed by atoms with Crippen LogP contribution in [-0.2, 0) is 11.3 Å². The lowest BCUT2D eigenvalue weighted by molar-refractivity contribution is 0.120. The molecule has 1 aromatic rings. The zero-order chi connectivity index (χ0) is 18.1. The van der Waals surface area contributed by atoms with Crippen molar-refractivity contribution in [3.63, 3.8) is 0 Å². The summed E-state index contributed by atoms with van der Waals surface area (Å²) in [6, 6.07) is 7.96. The van der Waals surface area contributed by atoms with Crippen molar-refractivity contribution in [2.45, 2.75) is 19.4 Å². The van der Waals surface area contributed by atoms with E-state index in [1.807, 2.05) is 32.3 Å². The lowest BCUT2D eigenvalue weighted by atomic mass is 9.97. The van der Waals surface area contributed by atoms with Crippen LogP contribution in [0.15, 0.2) is 29.3 Å². The maximum atomic E-state index is 6.26. The van der Waals surface area contributed by atoms with Gasteiger partial charge in [-0.15, -0.1) is 0 Å². The highest BCUT2D eigenvalue weighted by Crippen LogP contribution is 2.18. The average molecular weight is 367 g/mol. The number of likely N-dealkylation sites (tertiary alicyclic amines) is 1. The van der Waals surface area contributed by atoms with Crippen LogP contribution in [0.5, 0.6) is 0 Å². The van der Waals surface area contributed by atoms with Crippen molar-refractivity contribution in [2.24, 2.45) is 10.9 Å². The maximum absolute atomic E-state index is 6.26. The van der Waals surface area contributed by atoms with Crippen LogP contribution in [0.25, 0.3) is 0 Å². The molecule has 1 aromatic carbocycles. The molecule has 0 unspecified atom stereocenters. The number of hydrogen-bond donors (Lipinski definition) is 1. The Morgan fingerprint density at radius 1 is 1.36 bits per heavy atom. The summed E-state index contributed by atoms with van der Waals surface area (Å²) >= 11 is 6.26. The van der Waals surface area contributed by atoms with Crippen molar-refractivity contribution in [3.8, 4) is 0 Å². The molecule has 1 heterocycles. The van der Waals surface area contributed by atoms with Crippen LogP contribution in [-0.4, -0.2) is 69.8 Å². The van der Waals surface area contributed by atoms with E-state index in [2.05, 4.69) is 26.2 Å². The molecule has 0 saturated carbocycles. The zero-order valence-electron chi connectivity index (χ0n) is 15.7. The number of ether oxygens (including phenoxy) is 1. The number of guanidine groups is 1. The molecule has 140 valence electrons. The van der Waals surface area contributed by atoms with Gasteiger partial charge in [-0.1, -0.05) is 29.8 Å². The second-order valence-corrected chi connectivity index (χ2v) is 7.06. The van der Waals surface area contributed by atoms with E-state index in [1.165, 1.54) is 12.8 Å². The molecule has 0 amide bonds. The minimum absolute atomic E-state index is 0.698. The van der Waals surface area contributed by atoms with Gasteiger partial charge in [-0.05, 0) is 43.5 Å². The number of piperidine rings is 1. The SMILES string of the molecule is CN=C(NCC1CCN(CCOC)CC1)N(C)Cc1ccccc1Cl. The van der Waals surface area contributed by atoms with E-state index >= 15 is 0 Å². The first-order valence-corrected chi connectivity index (χ1v) is 9.38. The van der Waals surface area contributed by atoms with Gasteiger partial charge >= 0.3 is 0 Å². The molecular formula is C19H31ClN4O. The molecule has 1 N–H and O–H groups in total. The molecule has 25 heavy (non-hydrogen) atoms. The number of aliphatic imine (C=N–C) groups is 1. The maximum Gasteiger partial charge on any atom is 0.193 e. The third kappa shape index (κ3) is 6.49. The topological polar surface area (TPSA) is 40.1 Å². The van der Waals surface area contributed by atoms with Gasteiger partial charge in [-0.2, -0.15) is 0 Å². The molecule has 0 aromatic heterocycles. The fraction of sp³-hybridized carbons (Fsp3) is 0.632. The van der Waals surface area contributed by atoms with Crippen molar-refractivity contribution < 1.29 is 4.74 Å². The smallest absolute Gasteiger partial charge is 0.193 e. The summed E-state index contributed by atoms with van der Waals surface area (Å²) < 4.78 is 5.16. The third-order valence-electron chi connectivity index (χ3n) is 4.81. The van der Waals surface area contributed by atoms with Gasteiger partial charge in [-0.25, -0.2) is 0 Å². The molecular weight excluding hydrogens is 336 g/mol. The summed E-state index contributed by atoms with van der Waals surface area (Å²) in [6.45, 7) is 5.89. The van der Waals surface area contributed by atoms with Gasteiger partial charge in [0.15, 0.2) is 5.96 Å². The fourth-order valence-electron chi connectivity index (χ4n) is 3.21. The lowest BCUT2D eigenvalue weighted by Gasteiger charge is -2.32.